The highest BCUT2D eigenvalue weighted by Gasteiger charge is 2.10. The van der Waals surface area contributed by atoms with Gasteiger partial charge in [0, 0.05) is 46.0 Å². The van der Waals surface area contributed by atoms with Gasteiger partial charge in [-0.25, -0.2) is 0 Å². The Kier molecular flexibility index (Phi) is 6.73. The monoisotopic (exact) mass is 275 g/mol. The molecule has 0 amide bonds. The summed E-state index contributed by atoms with van der Waals surface area (Å²) in [6.07, 6.45) is -0.626. The lowest BCUT2D eigenvalue weighted by molar-refractivity contribution is 0.176. The van der Waals surface area contributed by atoms with Crippen LogP contribution in [0.2, 0.25) is 5.02 Å². The molecule has 0 heterocycles. The number of aliphatic hydroxyl groups excluding tert-OH is 1. The Hall–Kier alpha value is -0.420. The second-order valence-electron chi connectivity index (χ2n) is 3.67. The molecule has 0 fully saturated rings. The maximum Gasteiger partial charge on any atom is 0.0928 e. The highest BCUT2D eigenvalue weighted by Crippen LogP contribution is 2.21. The van der Waals surface area contributed by atoms with E-state index in [9.17, 15) is 9.32 Å². The number of hydrogen-bond acceptors (Lipinski definition) is 3. The molecule has 0 saturated heterocycles. The van der Waals surface area contributed by atoms with Crippen LogP contribution in [-0.4, -0.2) is 33.9 Å². The fraction of sp³-hybridized carbons (Fsp3) is 0.500. The summed E-state index contributed by atoms with van der Waals surface area (Å²) >= 11 is 5.97. The molecule has 1 aromatic rings. The van der Waals surface area contributed by atoms with Crippen LogP contribution in [0.25, 0.3) is 0 Å². The molecular weight excluding hydrogens is 258 g/mol. The Labute approximate surface area is 110 Å². The van der Waals surface area contributed by atoms with E-state index in [1.54, 1.807) is 12.1 Å². The summed E-state index contributed by atoms with van der Waals surface area (Å²) in [5.74, 6) is 1.29. The third-order valence-electron chi connectivity index (χ3n) is 2.43. The predicted octanol–water partition coefficient (Wildman–Crippen LogP) is 1.73. The van der Waals surface area contributed by atoms with Gasteiger partial charge in [-0.3, -0.25) is 4.21 Å². The fourth-order valence-corrected chi connectivity index (χ4v) is 2.35. The minimum absolute atomic E-state index is 0.421. The molecule has 17 heavy (non-hydrogen) atoms. The summed E-state index contributed by atoms with van der Waals surface area (Å²) in [5, 5.41) is 13.5. The molecule has 0 radical (unpaired) electrons. The Balaban J connectivity index is 2.33. The van der Waals surface area contributed by atoms with Gasteiger partial charge < -0.3 is 10.4 Å². The number of benzene rings is 1. The van der Waals surface area contributed by atoms with Crippen LogP contribution < -0.4 is 5.32 Å². The maximum atomic E-state index is 11.2. The summed E-state index contributed by atoms with van der Waals surface area (Å²) in [7, 11) is -0.761. The van der Waals surface area contributed by atoms with Crippen LogP contribution >= 0.6 is 11.6 Å². The minimum atomic E-state index is -0.761. The van der Waals surface area contributed by atoms with Crippen molar-refractivity contribution >= 4 is 22.4 Å². The summed E-state index contributed by atoms with van der Waals surface area (Å²) in [6.45, 7) is 2.96. The average molecular weight is 276 g/mol. The van der Waals surface area contributed by atoms with E-state index in [-0.39, 0.29) is 0 Å². The zero-order valence-corrected chi connectivity index (χ0v) is 11.4. The Morgan fingerprint density at radius 2 is 2.18 bits per heavy atom. The van der Waals surface area contributed by atoms with Gasteiger partial charge >= 0.3 is 0 Å². The SMILES string of the molecule is CCS(=O)CCNCC(O)c1ccccc1Cl. The van der Waals surface area contributed by atoms with Crippen molar-refractivity contribution in [1.82, 2.24) is 5.32 Å². The van der Waals surface area contributed by atoms with Gasteiger partial charge in [0.1, 0.15) is 0 Å². The van der Waals surface area contributed by atoms with Crippen molar-refractivity contribution in [2.45, 2.75) is 13.0 Å². The van der Waals surface area contributed by atoms with E-state index >= 15 is 0 Å². The summed E-state index contributed by atoms with van der Waals surface area (Å²) in [5.41, 5.74) is 0.721. The number of aliphatic hydroxyl groups is 1. The van der Waals surface area contributed by atoms with Crippen molar-refractivity contribution in [1.29, 1.82) is 0 Å². The molecule has 0 saturated carbocycles. The van der Waals surface area contributed by atoms with E-state index in [0.29, 0.717) is 29.6 Å². The highest BCUT2D eigenvalue weighted by atomic mass is 35.5. The topological polar surface area (TPSA) is 49.3 Å². The summed E-state index contributed by atoms with van der Waals surface area (Å²) in [4.78, 5) is 0. The first-order valence-electron chi connectivity index (χ1n) is 5.63. The largest absolute Gasteiger partial charge is 0.387 e. The van der Waals surface area contributed by atoms with Crippen LogP contribution in [0, 0.1) is 0 Å². The van der Waals surface area contributed by atoms with E-state index in [4.69, 9.17) is 11.6 Å². The van der Waals surface area contributed by atoms with Crippen molar-refractivity contribution in [2.24, 2.45) is 0 Å². The molecule has 0 spiro atoms. The lowest BCUT2D eigenvalue weighted by Gasteiger charge is -2.13. The molecular formula is C12H18ClNO2S. The van der Waals surface area contributed by atoms with E-state index in [1.165, 1.54) is 0 Å². The molecule has 96 valence electrons. The number of nitrogens with one attached hydrogen (secondary N) is 1. The zero-order valence-electron chi connectivity index (χ0n) is 9.86. The van der Waals surface area contributed by atoms with Gasteiger partial charge in [-0.05, 0) is 6.07 Å². The van der Waals surface area contributed by atoms with Gasteiger partial charge in [-0.2, -0.15) is 0 Å². The molecule has 2 atom stereocenters. The van der Waals surface area contributed by atoms with E-state index in [2.05, 4.69) is 5.32 Å². The van der Waals surface area contributed by atoms with Crippen LogP contribution in [0.5, 0.6) is 0 Å². The second kappa shape index (κ2) is 7.82. The molecule has 0 bridgehead atoms. The third-order valence-corrected chi connectivity index (χ3v) is 4.08. The van der Waals surface area contributed by atoms with Gasteiger partial charge in [0.15, 0.2) is 0 Å². The normalized spacial score (nSPS) is 14.5. The number of rotatable bonds is 7. The van der Waals surface area contributed by atoms with Crippen LogP contribution in [0.1, 0.15) is 18.6 Å². The van der Waals surface area contributed by atoms with Crippen LogP contribution in [-0.2, 0) is 10.8 Å². The Morgan fingerprint density at radius 1 is 1.47 bits per heavy atom. The van der Waals surface area contributed by atoms with Crippen molar-refractivity contribution in [3.05, 3.63) is 34.9 Å². The second-order valence-corrected chi connectivity index (χ2v) is 5.95. The highest BCUT2D eigenvalue weighted by molar-refractivity contribution is 7.84. The predicted molar refractivity (Wildman–Crippen MR) is 72.8 cm³/mol. The van der Waals surface area contributed by atoms with Gasteiger partial charge in [-0.15, -0.1) is 0 Å². The van der Waals surface area contributed by atoms with Crippen molar-refractivity contribution < 1.29 is 9.32 Å². The molecule has 3 nitrogen and oxygen atoms in total. The quantitative estimate of drug-likeness (QED) is 0.745. The van der Waals surface area contributed by atoms with Crippen LogP contribution in [0.15, 0.2) is 24.3 Å². The third kappa shape index (κ3) is 5.17. The fourth-order valence-electron chi connectivity index (χ4n) is 1.42. The summed E-state index contributed by atoms with van der Waals surface area (Å²) in [6, 6.07) is 7.23. The van der Waals surface area contributed by atoms with Gasteiger partial charge in [-0.1, -0.05) is 36.7 Å². The molecule has 1 rings (SSSR count). The number of hydrogen-bond donors (Lipinski definition) is 2. The smallest absolute Gasteiger partial charge is 0.0928 e. The average Bonchev–Trinajstić information content (AvgIpc) is 2.34. The summed E-state index contributed by atoms with van der Waals surface area (Å²) < 4.78 is 11.2. The molecule has 0 aromatic heterocycles. The van der Waals surface area contributed by atoms with E-state index in [0.717, 1.165) is 5.56 Å². The Morgan fingerprint density at radius 3 is 2.82 bits per heavy atom. The molecule has 2 unspecified atom stereocenters. The first-order chi connectivity index (χ1) is 8.15. The van der Waals surface area contributed by atoms with Crippen LogP contribution in [0.3, 0.4) is 0 Å². The van der Waals surface area contributed by atoms with Gasteiger partial charge in [0.25, 0.3) is 0 Å². The molecule has 1 aromatic carbocycles. The molecule has 2 N–H and O–H groups in total. The van der Waals surface area contributed by atoms with Crippen LogP contribution in [0.4, 0.5) is 0 Å². The first-order valence-corrected chi connectivity index (χ1v) is 7.50. The van der Waals surface area contributed by atoms with E-state index < -0.39 is 16.9 Å². The van der Waals surface area contributed by atoms with Crippen molar-refractivity contribution in [3.8, 4) is 0 Å². The van der Waals surface area contributed by atoms with Gasteiger partial charge in [0.05, 0.1) is 6.10 Å². The lowest BCUT2D eigenvalue weighted by atomic mass is 10.1. The zero-order chi connectivity index (χ0) is 12.7. The standard InChI is InChI=1S/C12H18ClNO2S/c1-2-17(16)8-7-14-9-12(15)10-5-3-4-6-11(10)13/h3-6,12,14-15H,2,7-9H2,1H3. The molecule has 0 aliphatic carbocycles. The molecule has 0 aliphatic rings. The van der Waals surface area contributed by atoms with Crippen molar-refractivity contribution in [2.75, 3.05) is 24.6 Å². The number of halogens is 1. The Bertz CT molecular complexity index is 373. The minimum Gasteiger partial charge on any atom is -0.387 e. The first kappa shape index (κ1) is 14.6. The van der Waals surface area contributed by atoms with Crippen molar-refractivity contribution in [3.63, 3.8) is 0 Å². The maximum absolute atomic E-state index is 11.2. The van der Waals surface area contributed by atoms with E-state index in [1.807, 2.05) is 19.1 Å². The molecule has 5 heteroatoms. The molecule has 0 aliphatic heterocycles. The lowest BCUT2D eigenvalue weighted by Crippen LogP contribution is -2.26. The van der Waals surface area contributed by atoms with Gasteiger partial charge in [0.2, 0.25) is 0 Å².